The number of amides is 1. The molecule has 0 aliphatic rings. The number of ether oxygens (including phenoxy) is 2. The van der Waals surface area contributed by atoms with Crippen LogP contribution in [0.15, 0.2) is 43.0 Å². The van der Waals surface area contributed by atoms with Crippen LogP contribution in [-0.4, -0.2) is 35.6 Å². The quantitative estimate of drug-likeness (QED) is 0.722. The van der Waals surface area contributed by atoms with Gasteiger partial charge in [0, 0.05) is 0 Å². The lowest BCUT2D eigenvalue weighted by Crippen LogP contribution is -2.48. The zero-order valence-electron chi connectivity index (χ0n) is 14.1. The minimum Gasteiger partial charge on any atom is -0.444 e. The summed E-state index contributed by atoms with van der Waals surface area (Å²) in [6, 6.07) is 9.16. The molecule has 23 heavy (non-hydrogen) atoms. The predicted octanol–water partition coefficient (Wildman–Crippen LogP) is 3.03. The molecule has 0 heterocycles. The van der Waals surface area contributed by atoms with E-state index in [4.69, 9.17) is 9.47 Å². The van der Waals surface area contributed by atoms with Crippen molar-refractivity contribution in [1.82, 2.24) is 5.32 Å². The highest BCUT2D eigenvalue weighted by atomic mass is 16.6. The van der Waals surface area contributed by atoms with Crippen LogP contribution in [-0.2, 0) is 16.1 Å². The van der Waals surface area contributed by atoms with Crippen molar-refractivity contribution in [3.63, 3.8) is 0 Å². The lowest BCUT2D eigenvalue weighted by molar-refractivity contribution is -0.00533. The van der Waals surface area contributed by atoms with E-state index >= 15 is 0 Å². The molecule has 1 aromatic carbocycles. The maximum Gasteiger partial charge on any atom is 0.408 e. The normalized spacial score (nSPS) is 13.9. The molecule has 1 rings (SSSR count). The molecule has 0 spiro atoms. The molecule has 1 aromatic rings. The van der Waals surface area contributed by atoms with Crippen LogP contribution in [0.2, 0.25) is 0 Å². The maximum atomic E-state index is 11.9. The van der Waals surface area contributed by atoms with E-state index in [0.29, 0.717) is 13.0 Å². The Bertz CT molecular complexity index is 482. The Morgan fingerprint density at radius 2 is 2.00 bits per heavy atom. The summed E-state index contributed by atoms with van der Waals surface area (Å²) in [5.41, 5.74) is 0.429. The van der Waals surface area contributed by atoms with Crippen LogP contribution in [0.1, 0.15) is 32.8 Å². The largest absolute Gasteiger partial charge is 0.444 e. The lowest BCUT2D eigenvalue weighted by atomic mass is 10.1. The topological polar surface area (TPSA) is 67.8 Å². The molecule has 0 saturated heterocycles. The van der Waals surface area contributed by atoms with Gasteiger partial charge in [-0.3, -0.25) is 0 Å². The second-order valence-electron chi connectivity index (χ2n) is 6.29. The molecule has 5 heteroatoms. The standard InChI is InChI=1S/C18H27NO4/c1-5-9-16(22-13-14-10-7-6-8-11-14)15(12-20)19-17(21)23-18(2,3)4/h5-8,10-11,15-16,20H,1,9,12-13H2,2-4H3,(H,19,21). The number of nitrogens with one attached hydrogen (secondary N) is 1. The van der Waals surface area contributed by atoms with Gasteiger partial charge in [0.15, 0.2) is 0 Å². The Morgan fingerprint density at radius 1 is 1.35 bits per heavy atom. The van der Waals surface area contributed by atoms with Crippen molar-refractivity contribution in [3.05, 3.63) is 48.6 Å². The molecule has 0 aliphatic heterocycles. The number of rotatable bonds is 8. The van der Waals surface area contributed by atoms with Crippen molar-refractivity contribution in [2.24, 2.45) is 0 Å². The third kappa shape index (κ3) is 7.81. The molecule has 128 valence electrons. The SMILES string of the molecule is C=CCC(OCc1ccccc1)C(CO)NC(=O)OC(C)(C)C. The first-order chi connectivity index (χ1) is 10.9. The van der Waals surface area contributed by atoms with Crippen molar-refractivity contribution in [2.75, 3.05) is 6.61 Å². The van der Waals surface area contributed by atoms with Crippen LogP contribution in [0.4, 0.5) is 4.79 Å². The fourth-order valence-electron chi connectivity index (χ4n) is 2.01. The monoisotopic (exact) mass is 321 g/mol. The highest BCUT2D eigenvalue weighted by Crippen LogP contribution is 2.12. The molecule has 2 unspecified atom stereocenters. The molecule has 0 aliphatic carbocycles. The van der Waals surface area contributed by atoms with Gasteiger partial charge < -0.3 is 19.9 Å². The summed E-state index contributed by atoms with van der Waals surface area (Å²) < 4.78 is 11.1. The van der Waals surface area contributed by atoms with E-state index in [-0.39, 0.29) is 12.7 Å². The number of carbonyl (C=O) groups excluding carboxylic acids is 1. The lowest BCUT2D eigenvalue weighted by Gasteiger charge is -2.28. The maximum absolute atomic E-state index is 11.9. The summed E-state index contributed by atoms with van der Waals surface area (Å²) in [5, 5.41) is 12.2. The molecule has 0 aromatic heterocycles. The van der Waals surface area contributed by atoms with E-state index in [9.17, 15) is 9.90 Å². The first-order valence-electron chi connectivity index (χ1n) is 7.72. The summed E-state index contributed by atoms with van der Waals surface area (Å²) in [4.78, 5) is 11.9. The summed E-state index contributed by atoms with van der Waals surface area (Å²) in [5.74, 6) is 0. The van der Waals surface area contributed by atoms with E-state index < -0.39 is 17.7 Å². The molecule has 5 nitrogen and oxygen atoms in total. The Balaban J connectivity index is 2.64. The highest BCUT2D eigenvalue weighted by Gasteiger charge is 2.25. The zero-order chi connectivity index (χ0) is 17.3. The summed E-state index contributed by atoms with van der Waals surface area (Å²) in [7, 11) is 0. The molecule has 2 atom stereocenters. The molecule has 0 saturated carbocycles. The summed E-state index contributed by atoms with van der Waals surface area (Å²) in [6.07, 6.45) is 1.25. The molecule has 2 N–H and O–H groups in total. The Hall–Kier alpha value is -1.85. The van der Waals surface area contributed by atoms with Crippen LogP contribution in [0, 0.1) is 0 Å². The third-order valence-corrected chi connectivity index (χ3v) is 3.05. The number of carbonyl (C=O) groups is 1. The van der Waals surface area contributed by atoms with Crippen molar-refractivity contribution in [2.45, 2.75) is 51.5 Å². The smallest absolute Gasteiger partial charge is 0.408 e. The number of aliphatic hydroxyl groups excluding tert-OH is 1. The van der Waals surface area contributed by atoms with Crippen LogP contribution in [0.3, 0.4) is 0 Å². The second-order valence-corrected chi connectivity index (χ2v) is 6.29. The van der Waals surface area contributed by atoms with Crippen LogP contribution < -0.4 is 5.32 Å². The van der Waals surface area contributed by atoms with Crippen molar-refractivity contribution in [3.8, 4) is 0 Å². The van der Waals surface area contributed by atoms with Gasteiger partial charge in [-0.25, -0.2) is 4.79 Å². The van der Waals surface area contributed by atoms with Gasteiger partial charge in [-0.05, 0) is 32.8 Å². The first kappa shape index (κ1) is 19.2. The number of hydrogen-bond acceptors (Lipinski definition) is 4. The van der Waals surface area contributed by atoms with E-state index in [1.165, 1.54) is 0 Å². The molecule has 0 radical (unpaired) electrons. The zero-order valence-corrected chi connectivity index (χ0v) is 14.1. The van der Waals surface area contributed by atoms with E-state index in [1.54, 1.807) is 26.8 Å². The predicted molar refractivity (Wildman–Crippen MR) is 90.1 cm³/mol. The van der Waals surface area contributed by atoms with Crippen LogP contribution in [0.5, 0.6) is 0 Å². The van der Waals surface area contributed by atoms with E-state index in [2.05, 4.69) is 11.9 Å². The van der Waals surface area contributed by atoms with Gasteiger partial charge in [-0.15, -0.1) is 6.58 Å². The van der Waals surface area contributed by atoms with Gasteiger partial charge in [0.05, 0.1) is 25.4 Å². The van der Waals surface area contributed by atoms with Gasteiger partial charge in [-0.2, -0.15) is 0 Å². The first-order valence-corrected chi connectivity index (χ1v) is 7.72. The van der Waals surface area contributed by atoms with Gasteiger partial charge in [0.25, 0.3) is 0 Å². The van der Waals surface area contributed by atoms with Crippen LogP contribution in [0.25, 0.3) is 0 Å². The average molecular weight is 321 g/mol. The minimum atomic E-state index is -0.594. The molecule has 1 amide bonds. The molecule has 0 fully saturated rings. The Kier molecular flexibility index (Phi) is 7.78. The molecular weight excluding hydrogens is 294 g/mol. The van der Waals surface area contributed by atoms with Crippen LogP contribution >= 0.6 is 0 Å². The summed E-state index contributed by atoms with van der Waals surface area (Å²) in [6.45, 7) is 9.21. The van der Waals surface area contributed by atoms with Crippen molar-refractivity contribution >= 4 is 6.09 Å². The number of aliphatic hydroxyl groups is 1. The third-order valence-electron chi connectivity index (χ3n) is 3.05. The highest BCUT2D eigenvalue weighted by molar-refractivity contribution is 5.68. The Labute approximate surface area is 138 Å². The number of benzene rings is 1. The van der Waals surface area contributed by atoms with Gasteiger partial charge >= 0.3 is 6.09 Å². The van der Waals surface area contributed by atoms with E-state index in [0.717, 1.165) is 5.56 Å². The fourth-order valence-corrected chi connectivity index (χ4v) is 2.01. The molecular formula is C18H27NO4. The van der Waals surface area contributed by atoms with Gasteiger partial charge in [0.1, 0.15) is 5.60 Å². The summed E-state index contributed by atoms with van der Waals surface area (Å²) >= 11 is 0. The minimum absolute atomic E-state index is 0.244. The van der Waals surface area contributed by atoms with Gasteiger partial charge in [-0.1, -0.05) is 36.4 Å². The molecule has 0 bridgehead atoms. The number of hydrogen-bond donors (Lipinski definition) is 2. The Morgan fingerprint density at radius 3 is 2.52 bits per heavy atom. The van der Waals surface area contributed by atoms with Crippen molar-refractivity contribution in [1.29, 1.82) is 0 Å². The van der Waals surface area contributed by atoms with Crippen molar-refractivity contribution < 1.29 is 19.4 Å². The van der Waals surface area contributed by atoms with Gasteiger partial charge in [0.2, 0.25) is 0 Å². The second kappa shape index (κ2) is 9.33. The van der Waals surface area contributed by atoms with E-state index in [1.807, 2.05) is 30.3 Å². The average Bonchev–Trinajstić information content (AvgIpc) is 2.48. The fraction of sp³-hybridized carbons (Fsp3) is 0.500. The number of alkyl carbamates (subject to hydrolysis) is 1.